The van der Waals surface area contributed by atoms with Crippen molar-refractivity contribution >= 4 is 22.9 Å². The Kier molecular flexibility index (Phi) is 4.21. The molecule has 4 aromatic rings. The lowest BCUT2D eigenvalue weighted by Gasteiger charge is -2.04. The molecule has 0 radical (unpaired) electrons. The summed E-state index contributed by atoms with van der Waals surface area (Å²) in [7, 11) is 0. The van der Waals surface area contributed by atoms with Crippen molar-refractivity contribution in [1.82, 2.24) is 20.2 Å². The highest BCUT2D eigenvalue weighted by atomic mass is 32.1. The van der Waals surface area contributed by atoms with Crippen LogP contribution in [0.25, 0.3) is 22.0 Å². The van der Waals surface area contributed by atoms with Gasteiger partial charge in [0.2, 0.25) is 0 Å². The van der Waals surface area contributed by atoms with E-state index in [1.165, 1.54) is 24.2 Å². The van der Waals surface area contributed by atoms with Gasteiger partial charge in [-0.2, -0.15) is 5.10 Å². The van der Waals surface area contributed by atoms with Crippen LogP contribution in [-0.4, -0.2) is 26.1 Å². The van der Waals surface area contributed by atoms with E-state index in [9.17, 15) is 4.79 Å². The molecule has 1 amide bonds. The van der Waals surface area contributed by atoms with E-state index in [1.807, 2.05) is 54.6 Å². The summed E-state index contributed by atoms with van der Waals surface area (Å²) in [4.78, 5) is 22.0. The number of anilines is 1. The summed E-state index contributed by atoms with van der Waals surface area (Å²) >= 11 is 1.38. The minimum atomic E-state index is -0.165. The van der Waals surface area contributed by atoms with Crippen LogP contribution in [0.3, 0.4) is 0 Å². The number of nitrogens with one attached hydrogen (secondary N) is 2. The summed E-state index contributed by atoms with van der Waals surface area (Å²) in [5.41, 5.74) is 2.65. The quantitative estimate of drug-likeness (QED) is 0.519. The number of benzene rings is 2. The monoisotopic (exact) mass is 387 g/mol. The summed E-state index contributed by atoms with van der Waals surface area (Å²) in [5, 5.41) is 11.0. The van der Waals surface area contributed by atoms with Crippen molar-refractivity contribution in [3.05, 3.63) is 71.5 Å². The number of aromatic nitrogens is 4. The zero-order valence-corrected chi connectivity index (χ0v) is 15.7. The van der Waals surface area contributed by atoms with Crippen molar-refractivity contribution in [2.75, 3.05) is 5.32 Å². The maximum atomic E-state index is 12.5. The van der Waals surface area contributed by atoms with Crippen molar-refractivity contribution < 1.29 is 4.79 Å². The molecule has 6 nitrogen and oxygen atoms in total. The van der Waals surface area contributed by atoms with Crippen molar-refractivity contribution in [2.45, 2.75) is 18.8 Å². The number of nitrogens with zero attached hydrogens (tertiary/aromatic N) is 3. The van der Waals surface area contributed by atoms with Crippen molar-refractivity contribution in [2.24, 2.45) is 0 Å². The molecule has 0 bridgehead atoms. The second kappa shape index (κ2) is 7.01. The van der Waals surface area contributed by atoms with Gasteiger partial charge in [-0.3, -0.25) is 9.89 Å². The van der Waals surface area contributed by atoms with Crippen LogP contribution in [0.5, 0.6) is 0 Å². The highest BCUT2D eigenvalue weighted by Gasteiger charge is 2.27. The first kappa shape index (κ1) is 16.8. The molecule has 28 heavy (non-hydrogen) atoms. The Bertz CT molecular complexity index is 1110. The molecule has 1 aliphatic carbocycles. The van der Waals surface area contributed by atoms with Crippen LogP contribution >= 0.6 is 11.3 Å². The van der Waals surface area contributed by atoms with E-state index in [4.69, 9.17) is 0 Å². The first-order chi connectivity index (χ1) is 13.8. The van der Waals surface area contributed by atoms with E-state index in [0.29, 0.717) is 16.6 Å². The maximum absolute atomic E-state index is 12.5. The lowest BCUT2D eigenvalue weighted by Crippen LogP contribution is -2.09. The van der Waals surface area contributed by atoms with Crippen molar-refractivity contribution in [3.8, 4) is 22.0 Å². The number of carbonyl (C=O) groups is 1. The Morgan fingerprint density at radius 1 is 1.04 bits per heavy atom. The maximum Gasteiger partial charge on any atom is 0.267 e. The predicted molar refractivity (Wildman–Crippen MR) is 109 cm³/mol. The predicted octanol–water partition coefficient (Wildman–Crippen LogP) is 4.72. The molecule has 2 N–H and O–H groups in total. The van der Waals surface area contributed by atoms with Crippen LogP contribution in [0.2, 0.25) is 0 Å². The normalized spacial score (nSPS) is 13.4. The Morgan fingerprint density at radius 2 is 1.82 bits per heavy atom. The highest BCUT2D eigenvalue weighted by Crippen LogP contribution is 2.38. The molecule has 2 aromatic carbocycles. The van der Waals surface area contributed by atoms with Crippen LogP contribution < -0.4 is 5.32 Å². The molecule has 2 heterocycles. The molecule has 0 aliphatic heterocycles. The second-order valence-electron chi connectivity index (χ2n) is 6.75. The number of H-pyrrole nitrogens is 1. The molecule has 0 saturated heterocycles. The van der Waals surface area contributed by atoms with E-state index < -0.39 is 0 Å². The summed E-state index contributed by atoms with van der Waals surface area (Å²) < 4.78 is 0. The number of hydrogen-bond donors (Lipinski definition) is 2. The van der Waals surface area contributed by atoms with Gasteiger partial charge in [0.05, 0.1) is 6.20 Å². The molecule has 5 rings (SSSR count). The highest BCUT2D eigenvalue weighted by molar-refractivity contribution is 7.17. The van der Waals surface area contributed by atoms with Gasteiger partial charge in [-0.05, 0) is 37.1 Å². The summed E-state index contributed by atoms with van der Waals surface area (Å²) in [5.74, 6) is 2.03. The average Bonchev–Trinajstić information content (AvgIpc) is 3.27. The number of amides is 1. The summed E-state index contributed by atoms with van der Waals surface area (Å²) in [6.45, 7) is 0. The number of hydrogen-bond acceptors (Lipinski definition) is 5. The zero-order chi connectivity index (χ0) is 18.9. The number of aromatic amines is 1. The van der Waals surface area contributed by atoms with E-state index >= 15 is 0 Å². The first-order valence-electron chi connectivity index (χ1n) is 9.11. The summed E-state index contributed by atoms with van der Waals surface area (Å²) in [6.07, 6.45) is 3.98. The van der Waals surface area contributed by atoms with Crippen molar-refractivity contribution in [1.29, 1.82) is 0 Å². The molecule has 1 fully saturated rings. The molecule has 0 atom stereocenters. The van der Waals surface area contributed by atoms with Gasteiger partial charge in [0.1, 0.15) is 15.7 Å². The fourth-order valence-corrected chi connectivity index (χ4v) is 3.75. The Morgan fingerprint density at radius 3 is 2.57 bits per heavy atom. The Hall–Kier alpha value is -3.32. The third kappa shape index (κ3) is 3.44. The van der Waals surface area contributed by atoms with Crippen LogP contribution in [0.1, 0.15) is 34.3 Å². The smallest absolute Gasteiger partial charge is 0.267 e. The first-order valence-corrected chi connectivity index (χ1v) is 9.93. The van der Waals surface area contributed by atoms with E-state index in [1.54, 1.807) is 6.20 Å². The van der Waals surface area contributed by atoms with Gasteiger partial charge >= 0.3 is 0 Å². The third-order valence-electron chi connectivity index (χ3n) is 4.62. The molecule has 1 aliphatic rings. The zero-order valence-electron chi connectivity index (χ0n) is 14.9. The second-order valence-corrected chi connectivity index (χ2v) is 7.78. The topological polar surface area (TPSA) is 83.6 Å². The van der Waals surface area contributed by atoms with E-state index in [2.05, 4.69) is 25.5 Å². The molecule has 7 heteroatoms. The number of thiazole rings is 1. The SMILES string of the molecule is O=C(Nc1ccc(-c2n[nH]c(C3CC3)n2)cc1)c1cnc(-c2ccccc2)s1. The van der Waals surface area contributed by atoms with Gasteiger partial charge in [-0.15, -0.1) is 11.3 Å². The third-order valence-corrected chi connectivity index (χ3v) is 5.66. The van der Waals surface area contributed by atoms with Crippen LogP contribution in [-0.2, 0) is 0 Å². The van der Waals surface area contributed by atoms with Gasteiger partial charge in [0.25, 0.3) is 5.91 Å². The number of rotatable bonds is 5. The van der Waals surface area contributed by atoms with Crippen LogP contribution in [0.4, 0.5) is 5.69 Å². The minimum Gasteiger partial charge on any atom is -0.321 e. The Labute approximate surface area is 165 Å². The van der Waals surface area contributed by atoms with E-state index in [-0.39, 0.29) is 5.91 Å². The van der Waals surface area contributed by atoms with Gasteiger partial charge in [0.15, 0.2) is 5.82 Å². The van der Waals surface area contributed by atoms with Gasteiger partial charge in [-0.25, -0.2) is 9.97 Å². The minimum absolute atomic E-state index is 0.165. The van der Waals surface area contributed by atoms with Crippen LogP contribution in [0.15, 0.2) is 60.8 Å². The standard InChI is InChI=1S/C21H17N5OS/c27-20(17-12-22-21(28-17)15-4-2-1-3-5-15)23-16-10-8-14(9-11-16)19-24-18(25-26-19)13-6-7-13/h1-5,8-13H,6-7H2,(H,23,27)(H,24,25,26). The molecular formula is C21H17N5OS. The van der Waals surface area contributed by atoms with Gasteiger partial charge < -0.3 is 5.32 Å². The fraction of sp³-hybridized carbons (Fsp3) is 0.143. The number of carbonyl (C=O) groups excluding carboxylic acids is 1. The summed E-state index contributed by atoms with van der Waals surface area (Å²) in [6, 6.07) is 17.4. The lowest BCUT2D eigenvalue weighted by atomic mass is 10.2. The van der Waals surface area contributed by atoms with E-state index in [0.717, 1.165) is 27.6 Å². The molecule has 0 unspecified atom stereocenters. The molecule has 0 spiro atoms. The fourth-order valence-electron chi connectivity index (χ4n) is 2.93. The largest absolute Gasteiger partial charge is 0.321 e. The lowest BCUT2D eigenvalue weighted by molar-refractivity contribution is 0.103. The molecule has 138 valence electrons. The van der Waals surface area contributed by atoms with Crippen molar-refractivity contribution in [3.63, 3.8) is 0 Å². The molecule has 1 saturated carbocycles. The molecular weight excluding hydrogens is 370 g/mol. The Balaban J connectivity index is 1.28. The molecule has 2 aromatic heterocycles. The van der Waals surface area contributed by atoms with Gasteiger partial charge in [0, 0.05) is 22.7 Å². The average molecular weight is 387 g/mol. The van der Waals surface area contributed by atoms with Gasteiger partial charge in [-0.1, -0.05) is 30.3 Å². The van der Waals surface area contributed by atoms with Crippen LogP contribution in [0, 0.1) is 0 Å².